The molecule has 2 fully saturated rings. The second-order valence-electron chi connectivity index (χ2n) is 6.02. The van der Waals surface area contributed by atoms with Gasteiger partial charge in [0.25, 0.3) is 0 Å². The first-order chi connectivity index (χ1) is 9.79. The molecule has 0 radical (unpaired) electrons. The number of rotatable bonds is 3. The Bertz CT molecular complexity index is 445. The predicted molar refractivity (Wildman–Crippen MR) is 81.8 cm³/mol. The van der Waals surface area contributed by atoms with Crippen molar-refractivity contribution in [1.82, 2.24) is 5.32 Å². The largest absolute Gasteiger partial charge is 0.311 e. The van der Waals surface area contributed by atoms with Gasteiger partial charge in [0.2, 0.25) is 5.91 Å². The van der Waals surface area contributed by atoms with Crippen LogP contribution >= 0.6 is 0 Å². The Hall–Kier alpha value is -1.35. The molecule has 2 aliphatic rings. The number of fused-ring (bicyclic) bond motifs is 1. The lowest BCUT2D eigenvalue weighted by Gasteiger charge is -2.25. The lowest BCUT2D eigenvalue weighted by molar-refractivity contribution is -0.120. The van der Waals surface area contributed by atoms with Crippen molar-refractivity contribution >= 4 is 11.6 Å². The highest BCUT2D eigenvalue weighted by atomic mass is 16.2. The van der Waals surface area contributed by atoms with Crippen LogP contribution in [0.25, 0.3) is 0 Å². The van der Waals surface area contributed by atoms with Crippen molar-refractivity contribution in [3.63, 3.8) is 0 Å². The van der Waals surface area contributed by atoms with Crippen LogP contribution in [0.5, 0.6) is 0 Å². The molecule has 0 aromatic heterocycles. The van der Waals surface area contributed by atoms with Crippen molar-refractivity contribution in [2.45, 2.75) is 51.1 Å². The van der Waals surface area contributed by atoms with Crippen LogP contribution in [0.15, 0.2) is 30.3 Å². The first-order valence-corrected chi connectivity index (χ1v) is 7.92. The molecule has 3 nitrogen and oxygen atoms in total. The van der Waals surface area contributed by atoms with Gasteiger partial charge in [-0.15, -0.1) is 0 Å². The number of carbonyl (C=O) groups is 1. The molecule has 3 rings (SSSR count). The highest BCUT2D eigenvalue weighted by Gasteiger charge is 2.39. The van der Waals surface area contributed by atoms with Crippen molar-refractivity contribution in [3.8, 4) is 0 Å². The van der Waals surface area contributed by atoms with Gasteiger partial charge in [-0.3, -0.25) is 4.79 Å². The van der Waals surface area contributed by atoms with Crippen LogP contribution in [0.4, 0.5) is 5.69 Å². The monoisotopic (exact) mass is 272 g/mol. The molecule has 1 aliphatic heterocycles. The first-order valence-electron chi connectivity index (χ1n) is 7.92. The maximum Gasteiger partial charge on any atom is 0.244 e. The third-order valence-electron chi connectivity index (χ3n) is 4.81. The fourth-order valence-electron chi connectivity index (χ4n) is 3.77. The summed E-state index contributed by atoms with van der Waals surface area (Å²) in [4.78, 5) is 14.7. The first kappa shape index (κ1) is 13.6. The zero-order valence-electron chi connectivity index (χ0n) is 12.2. The Morgan fingerprint density at radius 1 is 1.25 bits per heavy atom. The van der Waals surface area contributed by atoms with E-state index < -0.39 is 0 Å². The van der Waals surface area contributed by atoms with Crippen molar-refractivity contribution in [1.29, 1.82) is 0 Å². The molecule has 3 unspecified atom stereocenters. The SMILES string of the molecule is CCN(C(=O)C1CC2CCCCC2N1)c1ccccc1. The molecule has 108 valence electrons. The van der Waals surface area contributed by atoms with E-state index in [2.05, 4.69) is 5.32 Å². The molecule has 1 aromatic rings. The maximum atomic E-state index is 12.8. The predicted octanol–water partition coefficient (Wildman–Crippen LogP) is 2.96. The summed E-state index contributed by atoms with van der Waals surface area (Å²) in [6, 6.07) is 10.6. The summed E-state index contributed by atoms with van der Waals surface area (Å²) in [7, 11) is 0. The topological polar surface area (TPSA) is 32.3 Å². The van der Waals surface area contributed by atoms with Gasteiger partial charge in [0.1, 0.15) is 0 Å². The molecule has 1 amide bonds. The zero-order chi connectivity index (χ0) is 13.9. The average Bonchev–Trinajstić information content (AvgIpc) is 2.93. The van der Waals surface area contributed by atoms with Gasteiger partial charge in [-0.25, -0.2) is 0 Å². The Morgan fingerprint density at radius 3 is 2.70 bits per heavy atom. The van der Waals surface area contributed by atoms with Crippen LogP contribution in [0, 0.1) is 5.92 Å². The second-order valence-corrected chi connectivity index (χ2v) is 6.02. The molecule has 1 N–H and O–H groups in total. The van der Waals surface area contributed by atoms with Gasteiger partial charge in [-0.1, -0.05) is 31.0 Å². The van der Waals surface area contributed by atoms with E-state index in [1.54, 1.807) is 0 Å². The molecular weight excluding hydrogens is 248 g/mol. The highest BCUT2D eigenvalue weighted by molar-refractivity contribution is 5.97. The molecule has 1 heterocycles. The third kappa shape index (κ3) is 2.59. The van der Waals surface area contributed by atoms with E-state index >= 15 is 0 Å². The van der Waals surface area contributed by atoms with E-state index in [-0.39, 0.29) is 11.9 Å². The highest BCUT2D eigenvalue weighted by Crippen LogP contribution is 2.34. The van der Waals surface area contributed by atoms with Gasteiger partial charge in [-0.2, -0.15) is 0 Å². The molecule has 1 aromatic carbocycles. The Morgan fingerprint density at radius 2 is 2.00 bits per heavy atom. The quantitative estimate of drug-likeness (QED) is 0.917. The number of amides is 1. The summed E-state index contributed by atoms with van der Waals surface area (Å²) in [5.41, 5.74) is 1.01. The summed E-state index contributed by atoms with van der Waals surface area (Å²) < 4.78 is 0. The Balaban J connectivity index is 1.71. The average molecular weight is 272 g/mol. The summed E-state index contributed by atoms with van der Waals surface area (Å²) in [6.45, 7) is 2.78. The Labute approximate surface area is 121 Å². The zero-order valence-corrected chi connectivity index (χ0v) is 12.2. The minimum Gasteiger partial charge on any atom is -0.311 e. The fourth-order valence-corrected chi connectivity index (χ4v) is 3.77. The van der Waals surface area contributed by atoms with E-state index in [1.165, 1.54) is 25.7 Å². The van der Waals surface area contributed by atoms with Crippen LogP contribution in [0.2, 0.25) is 0 Å². The normalized spacial score (nSPS) is 28.9. The van der Waals surface area contributed by atoms with Gasteiger partial charge in [0.15, 0.2) is 0 Å². The molecule has 20 heavy (non-hydrogen) atoms. The van der Waals surface area contributed by atoms with Gasteiger partial charge in [0.05, 0.1) is 6.04 Å². The van der Waals surface area contributed by atoms with Crippen LogP contribution in [0.3, 0.4) is 0 Å². The van der Waals surface area contributed by atoms with E-state index in [4.69, 9.17) is 0 Å². The molecule has 1 saturated heterocycles. The van der Waals surface area contributed by atoms with E-state index in [0.29, 0.717) is 12.0 Å². The van der Waals surface area contributed by atoms with Crippen molar-refractivity contribution in [3.05, 3.63) is 30.3 Å². The van der Waals surface area contributed by atoms with Crippen molar-refractivity contribution < 1.29 is 4.79 Å². The number of hydrogen-bond donors (Lipinski definition) is 1. The van der Waals surface area contributed by atoms with Gasteiger partial charge in [0, 0.05) is 18.3 Å². The van der Waals surface area contributed by atoms with Crippen molar-refractivity contribution in [2.75, 3.05) is 11.4 Å². The second kappa shape index (κ2) is 5.96. The fraction of sp³-hybridized carbons (Fsp3) is 0.588. The molecule has 3 atom stereocenters. The molecule has 0 bridgehead atoms. The summed E-state index contributed by atoms with van der Waals surface area (Å²) in [5.74, 6) is 0.959. The number of para-hydroxylation sites is 1. The van der Waals surface area contributed by atoms with Crippen LogP contribution in [-0.2, 0) is 4.79 Å². The van der Waals surface area contributed by atoms with Crippen LogP contribution in [-0.4, -0.2) is 24.5 Å². The maximum absolute atomic E-state index is 12.8. The lowest BCUT2D eigenvalue weighted by atomic mass is 9.85. The van der Waals surface area contributed by atoms with E-state index in [9.17, 15) is 4.79 Å². The molecule has 0 spiro atoms. The number of benzene rings is 1. The van der Waals surface area contributed by atoms with Gasteiger partial charge < -0.3 is 10.2 Å². The van der Waals surface area contributed by atoms with Crippen molar-refractivity contribution in [2.24, 2.45) is 5.92 Å². The molecular formula is C17H24N2O. The minimum atomic E-state index is 0.0169. The number of anilines is 1. The summed E-state index contributed by atoms with van der Waals surface area (Å²) in [5, 5.41) is 3.59. The lowest BCUT2D eigenvalue weighted by Crippen LogP contribution is -2.45. The van der Waals surface area contributed by atoms with E-state index in [0.717, 1.165) is 18.7 Å². The van der Waals surface area contributed by atoms with Crippen LogP contribution < -0.4 is 10.2 Å². The Kier molecular flexibility index (Phi) is 4.06. The van der Waals surface area contributed by atoms with Crippen LogP contribution in [0.1, 0.15) is 39.0 Å². The number of carbonyl (C=O) groups excluding carboxylic acids is 1. The smallest absolute Gasteiger partial charge is 0.244 e. The number of hydrogen-bond acceptors (Lipinski definition) is 2. The standard InChI is InChI=1S/C17H24N2O/c1-2-19(14-9-4-3-5-10-14)17(20)16-12-13-8-6-7-11-15(13)18-16/h3-5,9-10,13,15-16,18H,2,6-8,11-12H2,1H3. The van der Waals surface area contributed by atoms with E-state index in [1.807, 2.05) is 42.2 Å². The summed E-state index contributed by atoms with van der Waals surface area (Å²) >= 11 is 0. The minimum absolute atomic E-state index is 0.0169. The van der Waals surface area contributed by atoms with Gasteiger partial charge >= 0.3 is 0 Å². The molecule has 1 aliphatic carbocycles. The number of nitrogens with one attached hydrogen (secondary N) is 1. The number of nitrogens with zero attached hydrogens (tertiary/aromatic N) is 1. The molecule has 3 heteroatoms. The number of likely N-dealkylation sites (N-methyl/N-ethyl adjacent to an activating group) is 1. The third-order valence-corrected chi connectivity index (χ3v) is 4.81. The molecule has 1 saturated carbocycles. The summed E-state index contributed by atoms with van der Waals surface area (Å²) in [6.07, 6.45) is 6.20. The van der Waals surface area contributed by atoms with Gasteiger partial charge in [-0.05, 0) is 44.2 Å².